The van der Waals surface area contributed by atoms with Gasteiger partial charge in [-0.05, 0) is 0 Å². The van der Waals surface area contributed by atoms with Crippen molar-refractivity contribution in [3.8, 4) is 0 Å². The molecule has 0 radical (unpaired) electrons. The van der Waals surface area contributed by atoms with Crippen molar-refractivity contribution < 1.29 is 13.2 Å². The number of nitrogens with zero attached hydrogens (tertiary/aromatic N) is 2. The zero-order valence-electron chi connectivity index (χ0n) is 5.22. The van der Waals surface area contributed by atoms with Gasteiger partial charge in [-0.25, -0.2) is 4.99 Å². The predicted molar refractivity (Wildman–Crippen MR) is 39.4 cm³/mol. The fourth-order valence-corrected chi connectivity index (χ4v) is 0.648. The number of hydrogen-bond acceptors (Lipinski definition) is 2. The SMILES string of the molecule is FC(F)(F)C1=NCC(=S)N=C1. The first kappa shape index (κ1) is 8.32. The average Bonchev–Trinajstić information content (AvgIpc) is 1.86. The number of halogens is 3. The van der Waals surface area contributed by atoms with Crippen LogP contribution in [0.4, 0.5) is 13.2 Å². The van der Waals surface area contributed by atoms with E-state index in [0.717, 1.165) is 0 Å². The van der Waals surface area contributed by atoms with Crippen molar-refractivity contribution in [1.29, 1.82) is 0 Å². The minimum Gasteiger partial charge on any atom is -0.272 e. The third kappa shape index (κ3) is 2.07. The molecule has 0 bridgehead atoms. The summed E-state index contributed by atoms with van der Waals surface area (Å²) in [4.78, 5) is 6.70. The van der Waals surface area contributed by atoms with Crippen molar-refractivity contribution in [3.63, 3.8) is 0 Å². The van der Waals surface area contributed by atoms with Crippen molar-refractivity contribution in [3.05, 3.63) is 0 Å². The van der Waals surface area contributed by atoms with Gasteiger partial charge in [0.15, 0.2) is 5.71 Å². The van der Waals surface area contributed by atoms with Crippen molar-refractivity contribution in [2.75, 3.05) is 6.54 Å². The van der Waals surface area contributed by atoms with Crippen molar-refractivity contribution in [2.24, 2.45) is 9.98 Å². The van der Waals surface area contributed by atoms with Gasteiger partial charge in [-0.3, -0.25) is 4.99 Å². The van der Waals surface area contributed by atoms with Gasteiger partial charge < -0.3 is 0 Å². The van der Waals surface area contributed by atoms with E-state index in [1.165, 1.54) is 0 Å². The first-order valence-electron chi connectivity index (χ1n) is 2.68. The lowest BCUT2D eigenvalue weighted by atomic mass is 10.3. The summed E-state index contributed by atoms with van der Waals surface area (Å²) in [7, 11) is 0. The van der Waals surface area contributed by atoms with Crippen LogP contribution in [0.1, 0.15) is 0 Å². The molecule has 0 N–H and O–H groups in total. The van der Waals surface area contributed by atoms with E-state index >= 15 is 0 Å². The Bertz CT molecular complexity index is 241. The molecule has 1 rings (SSSR count). The van der Waals surface area contributed by atoms with Gasteiger partial charge in [0.25, 0.3) is 0 Å². The maximum atomic E-state index is 11.8. The van der Waals surface area contributed by atoms with E-state index in [4.69, 9.17) is 0 Å². The number of thiocarbonyl (C=S) groups is 1. The van der Waals surface area contributed by atoms with Gasteiger partial charge in [-0.1, -0.05) is 12.2 Å². The number of alkyl halides is 3. The van der Waals surface area contributed by atoms with Crippen LogP contribution in [0.25, 0.3) is 0 Å². The molecule has 0 atom stereocenters. The van der Waals surface area contributed by atoms with Gasteiger partial charge >= 0.3 is 6.18 Å². The quantitative estimate of drug-likeness (QED) is 0.517. The Labute approximate surface area is 65.8 Å². The molecule has 6 heteroatoms. The molecular weight excluding hydrogens is 177 g/mol. The summed E-state index contributed by atoms with van der Waals surface area (Å²) in [5, 5.41) is 0. The smallest absolute Gasteiger partial charge is 0.272 e. The van der Waals surface area contributed by atoms with Crippen LogP contribution in [-0.4, -0.2) is 29.6 Å². The predicted octanol–water partition coefficient (Wildman–Crippen LogP) is 1.40. The first-order chi connectivity index (χ1) is 5.00. The van der Waals surface area contributed by atoms with E-state index in [0.29, 0.717) is 6.21 Å². The highest BCUT2D eigenvalue weighted by Crippen LogP contribution is 2.17. The van der Waals surface area contributed by atoms with Crippen LogP contribution < -0.4 is 0 Å². The van der Waals surface area contributed by atoms with Gasteiger partial charge in [0.1, 0.15) is 4.99 Å². The fourth-order valence-electron chi connectivity index (χ4n) is 0.530. The molecule has 0 saturated heterocycles. The molecule has 0 unspecified atom stereocenters. The van der Waals surface area contributed by atoms with Gasteiger partial charge in [-0.15, -0.1) is 0 Å². The Morgan fingerprint density at radius 3 is 2.45 bits per heavy atom. The zero-order chi connectivity index (χ0) is 8.48. The van der Waals surface area contributed by atoms with Crippen LogP contribution >= 0.6 is 12.2 Å². The fraction of sp³-hybridized carbons (Fsp3) is 0.400. The maximum Gasteiger partial charge on any atom is 0.434 e. The normalized spacial score (nSPS) is 18.5. The summed E-state index contributed by atoms with van der Waals surface area (Å²) < 4.78 is 35.4. The summed E-state index contributed by atoms with van der Waals surface area (Å²) >= 11 is 4.51. The third-order valence-corrected chi connectivity index (χ3v) is 1.24. The Hall–Kier alpha value is -0.780. The lowest BCUT2D eigenvalue weighted by molar-refractivity contribution is -0.0565. The van der Waals surface area contributed by atoms with E-state index in [9.17, 15) is 13.2 Å². The van der Waals surface area contributed by atoms with Gasteiger partial charge in [0.2, 0.25) is 0 Å². The zero-order valence-corrected chi connectivity index (χ0v) is 6.04. The lowest BCUT2D eigenvalue weighted by Gasteiger charge is -2.08. The molecule has 1 aliphatic heterocycles. The van der Waals surface area contributed by atoms with Gasteiger partial charge in [0.05, 0.1) is 12.8 Å². The first-order valence-corrected chi connectivity index (χ1v) is 3.09. The lowest BCUT2D eigenvalue weighted by Crippen LogP contribution is -2.27. The maximum absolute atomic E-state index is 11.8. The Morgan fingerprint density at radius 2 is 2.09 bits per heavy atom. The van der Waals surface area contributed by atoms with Crippen LogP contribution in [0.5, 0.6) is 0 Å². The molecule has 0 aromatic rings. The van der Waals surface area contributed by atoms with Crippen LogP contribution in [0.15, 0.2) is 9.98 Å². The summed E-state index contributed by atoms with van der Waals surface area (Å²) in [5.41, 5.74) is -0.967. The summed E-state index contributed by atoms with van der Waals surface area (Å²) in [6, 6.07) is 0. The Morgan fingerprint density at radius 1 is 1.45 bits per heavy atom. The van der Waals surface area contributed by atoms with Crippen molar-refractivity contribution in [2.45, 2.75) is 6.18 Å². The molecule has 0 aliphatic carbocycles. The minimum atomic E-state index is -4.40. The second-order valence-electron chi connectivity index (χ2n) is 1.85. The Balaban J connectivity index is 2.79. The second kappa shape index (κ2) is 2.69. The molecule has 0 aromatic carbocycles. The number of rotatable bonds is 0. The molecule has 0 amide bonds. The largest absolute Gasteiger partial charge is 0.434 e. The van der Waals surface area contributed by atoms with Crippen LogP contribution in [0.3, 0.4) is 0 Å². The van der Waals surface area contributed by atoms with E-state index in [1.807, 2.05) is 0 Å². The highest BCUT2D eigenvalue weighted by atomic mass is 32.1. The van der Waals surface area contributed by atoms with E-state index in [-0.39, 0.29) is 11.5 Å². The molecule has 0 spiro atoms. The molecule has 11 heavy (non-hydrogen) atoms. The van der Waals surface area contributed by atoms with E-state index in [2.05, 4.69) is 22.2 Å². The number of aliphatic imine (C=N–C) groups is 2. The van der Waals surface area contributed by atoms with Gasteiger partial charge in [0, 0.05) is 0 Å². The standard InChI is InChI=1S/C5H3F3N2S/c6-5(7,8)3-1-10-4(11)2-9-3/h1H,2H2. The van der Waals surface area contributed by atoms with E-state index in [1.54, 1.807) is 0 Å². The molecule has 2 nitrogen and oxygen atoms in total. The second-order valence-corrected chi connectivity index (χ2v) is 2.32. The van der Waals surface area contributed by atoms with Gasteiger partial charge in [-0.2, -0.15) is 13.2 Å². The highest BCUT2D eigenvalue weighted by molar-refractivity contribution is 7.80. The molecule has 1 aliphatic rings. The number of hydrogen-bond donors (Lipinski definition) is 0. The van der Waals surface area contributed by atoms with Crippen molar-refractivity contribution >= 4 is 29.1 Å². The monoisotopic (exact) mass is 180 g/mol. The van der Waals surface area contributed by atoms with Crippen LogP contribution in [0.2, 0.25) is 0 Å². The average molecular weight is 180 g/mol. The molecule has 60 valence electrons. The van der Waals surface area contributed by atoms with Crippen LogP contribution in [-0.2, 0) is 0 Å². The highest BCUT2D eigenvalue weighted by Gasteiger charge is 2.35. The van der Waals surface area contributed by atoms with Crippen molar-refractivity contribution in [1.82, 2.24) is 0 Å². The summed E-state index contributed by atoms with van der Waals surface area (Å²) in [6.45, 7) is -0.138. The van der Waals surface area contributed by atoms with Crippen LogP contribution in [0, 0.1) is 0 Å². The molecule has 0 saturated carbocycles. The Kier molecular flexibility index (Phi) is 2.03. The molecular formula is C5H3F3N2S. The summed E-state index contributed by atoms with van der Waals surface area (Å²) in [6.07, 6.45) is -3.76. The molecule has 0 fully saturated rings. The molecule has 0 aromatic heterocycles. The third-order valence-electron chi connectivity index (χ3n) is 1.01. The minimum absolute atomic E-state index is 0.138. The topological polar surface area (TPSA) is 24.7 Å². The van der Waals surface area contributed by atoms with E-state index < -0.39 is 11.9 Å². The summed E-state index contributed by atoms with van der Waals surface area (Å²) in [5.74, 6) is 0. The molecule has 1 heterocycles.